The number of methoxy groups -OCH3 is 1. The molecule has 2 aromatic carbocycles. The highest BCUT2D eigenvalue weighted by molar-refractivity contribution is 6.23. The highest BCUT2D eigenvalue weighted by Crippen LogP contribution is 2.29. The van der Waals surface area contributed by atoms with E-state index in [2.05, 4.69) is 5.32 Å². The summed E-state index contributed by atoms with van der Waals surface area (Å²) in [6, 6.07) is 14.1. The fraction of sp³-hybridized carbons (Fsp3) is 0.222. The van der Waals surface area contributed by atoms with Crippen LogP contribution < -0.4 is 15.0 Å². The van der Waals surface area contributed by atoms with E-state index in [9.17, 15) is 9.59 Å². The van der Waals surface area contributed by atoms with Gasteiger partial charge in [-0.15, -0.1) is 0 Å². The van der Waals surface area contributed by atoms with Gasteiger partial charge in [0.2, 0.25) is 5.91 Å². The molecule has 0 radical (unpaired) electrons. The molecule has 0 aromatic heterocycles. The first-order chi connectivity index (χ1) is 11.1. The minimum absolute atomic E-state index is 0.130. The number of imide groups is 1. The third-order valence-corrected chi connectivity index (χ3v) is 3.88. The number of hydrogen-bond donors (Lipinski definition) is 1. The molecule has 1 aliphatic rings. The standard InChI is InChI=1S/C18H18N2O3/c1-12-7-9-13(10-8-12)20-17(21)11-15(18(20)22)19-14-5-3-4-6-16(14)23-2/h3-10,15,19H,11H2,1-2H3/t15-/m0/s1. The molecule has 0 spiro atoms. The van der Waals surface area contributed by atoms with E-state index in [0.717, 1.165) is 5.56 Å². The average Bonchev–Trinajstić information content (AvgIpc) is 2.83. The van der Waals surface area contributed by atoms with E-state index in [4.69, 9.17) is 4.74 Å². The van der Waals surface area contributed by atoms with Crippen molar-refractivity contribution in [2.75, 3.05) is 17.3 Å². The molecule has 1 atom stereocenters. The minimum atomic E-state index is -0.583. The zero-order valence-corrected chi connectivity index (χ0v) is 13.1. The van der Waals surface area contributed by atoms with Crippen LogP contribution in [-0.2, 0) is 9.59 Å². The van der Waals surface area contributed by atoms with Gasteiger partial charge in [0, 0.05) is 0 Å². The molecule has 23 heavy (non-hydrogen) atoms. The van der Waals surface area contributed by atoms with E-state index in [1.54, 1.807) is 25.3 Å². The molecule has 2 amide bonds. The summed E-state index contributed by atoms with van der Waals surface area (Å²) in [6.07, 6.45) is 0.130. The zero-order valence-electron chi connectivity index (χ0n) is 13.1. The molecule has 0 saturated carbocycles. The second kappa shape index (κ2) is 6.12. The number of aryl methyl sites for hydroxylation is 1. The van der Waals surface area contributed by atoms with Crippen molar-refractivity contribution in [2.24, 2.45) is 0 Å². The molecule has 5 nitrogen and oxygen atoms in total. The number of benzene rings is 2. The maximum absolute atomic E-state index is 12.6. The van der Waals surface area contributed by atoms with Crippen molar-refractivity contribution in [3.8, 4) is 5.75 Å². The Hall–Kier alpha value is -2.82. The Balaban J connectivity index is 1.82. The maximum atomic E-state index is 12.6. The molecule has 1 aliphatic heterocycles. The maximum Gasteiger partial charge on any atom is 0.256 e. The van der Waals surface area contributed by atoms with Gasteiger partial charge in [-0.3, -0.25) is 9.59 Å². The summed E-state index contributed by atoms with van der Waals surface area (Å²) in [5, 5.41) is 3.11. The number of rotatable bonds is 4. The lowest BCUT2D eigenvalue weighted by Gasteiger charge is -2.17. The number of hydrogen-bond acceptors (Lipinski definition) is 4. The van der Waals surface area contributed by atoms with Crippen molar-refractivity contribution in [1.29, 1.82) is 0 Å². The van der Waals surface area contributed by atoms with Gasteiger partial charge in [0.25, 0.3) is 5.91 Å². The van der Waals surface area contributed by atoms with E-state index in [0.29, 0.717) is 17.1 Å². The SMILES string of the molecule is COc1ccccc1N[C@H]1CC(=O)N(c2ccc(C)cc2)C1=O. The Labute approximate surface area is 134 Å². The van der Waals surface area contributed by atoms with Crippen LogP contribution in [0.25, 0.3) is 0 Å². The molecule has 0 bridgehead atoms. The highest BCUT2D eigenvalue weighted by atomic mass is 16.5. The van der Waals surface area contributed by atoms with Crippen molar-refractivity contribution in [3.63, 3.8) is 0 Å². The van der Waals surface area contributed by atoms with Gasteiger partial charge in [0.15, 0.2) is 0 Å². The molecule has 0 unspecified atom stereocenters. The number of nitrogens with zero attached hydrogens (tertiary/aromatic N) is 1. The van der Waals surface area contributed by atoms with Crippen LogP contribution in [0.2, 0.25) is 0 Å². The van der Waals surface area contributed by atoms with Gasteiger partial charge in [-0.25, -0.2) is 4.90 Å². The van der Waals surface area contributed by atoms with Gasteiger partial charge in [-0.2, -0.15) is 0 Å². The molecule has 1 N–H and O–H groups in total. The van der Waals surface area contributed by atoms with E-state index in [-0.39, 0.29) is 18.2 Å². The van der Waals surface area contributed by atoms with Crippen LogP contribution in [0.15, 0.2) is 48.5 Å². The minimum Gasteiger partial charge on any atom is -0.495 e. The number of ether oxygens (including phenoxy) is 1. The Bertz CT molecular complexity index is 740. The lowest BCUT2D eigenvalue weighted by molar-refractivity contribution is -0.121. The molecular weight excluding hydrogens is 292 g/mol. The monoisotopic (exact) mass is 310 g/mol. The first-order valence-corrected chi connectivity index (χ1v) is 7.43. The fourth-order valence-corrected chi connectivity index (χ4v) is 2.66. The van der Waals surface area contributed by atoms with Crippen LogP contribution in [-0.4, -0.2) is 25.0 Å². The van der Waals surface area contributed by atoms with Crippen molar-refractivity contribution >= 4 is 23.2 Å². The van der Waals surface area contributed by atoms with Crippen LogP contribution in [0, 0.1) is 6.92 Å². The Morgan fingerprint density at radius 2 is 1.78 bits per heavy atom. The van der Waals surface area contributed by atoms with E-state index in [1.807, 2.05) is 37.3 Å². The normalized spacial score (nSPS) is 17.5. The number of carbonyl (C=O) groups is 2. The summed E-state index contributed by atoms with van der Waals surface area (Å²) in [5.74, 6) is 0.192. The van der Waals surface area contributed by atoms with Crippen molar-refractivity contribution < 1.29 is 14.3 Å². The van der Waals surface area contributed by atoms with E-state index in [1.165, 1.54) is 4.90 Å². The quantitative estimate of drug-likeness (QED) is 0.882. The second-order valence-corrected chi connectivity index (χ2v) is 5.50. The van der Waals surface area contributed by atoms with Gasteiger partial charge in [0.05, 0.1) is 24.9 Å². The largest absolute Gasteiger partial charge is 0.495 e. The summed E-state index contributed by atoms with van der Waals surface area (Å²) in [5.41, 5.74) is 2.39. The number of nitrogens with one attached hydrogen (secondary N) is 1. The van der Waals surface area contributed by atoms with E-state index >= 15 is 0 Å². The lowest BCUT2D eigenvalue weighted by atomic mass is 10.2. The molecule has 118 valence electrons. The average molecular weight is 310 g/mol. The molecule has 0 aliphatic carbocycles. The van der Waals surface area contributed by atoms with Gasteiger partial charge in [-0.05, 0) is 31.2 Å². The molecule has 5 heteroatoms. The molecule has 2 aromatic rings. The van der Waals surface area contributed by atoms with Crippen LogP contribution in [0.4, 0.5) is 11.4 Å². The predicted molar refractivity (Wildman–Crippen MR) is 88.7 cm³/mol. The topological polar surface area (TPSA) is 58.6 Å². The molecule has 1 heterocycles. The van der Waals surface area contributed by atoms with Crippen molar-refractivity contribution in [1.82, 2.24) is 0 Å². The van der Waals surface area contributed by atoms with Gasteiger partial charge in [0.1, 0.15) is 11.8 Å². The van der Waals surface area contributed by atoms with Crippen LogP contribution in [0.3, 0.4) is 0 Å². The summed E-state index contributed by atoms with van der Waals surface area (Å²) < 4.78 is 5.27. The Morgan fingerprint density at radius 1 is 1.09 bits per heavy atom. The van der Waals surface area contributed by atoms with Crippen molar-refractivity contribution in [2.45, 2.75) is 19.4 Å². The summed E-state index contributed by atoms with van der Waals surface area (Å²) in [7, 11) is 1.57. The Kier molecular flexibility index (Phi) is 4.02. The van der Waals surface area contributed by atoms with Crippen LogP contribution in [0.1, 0.15) is 12.0 Å². The summed E-state index contributed by atoms with van der Waals surface area (Å²) in [4.78, 5) is 26.1. The second-order valence-electron chi connectivity index (χ2n) is 5.50. The fourth-order valence-electron chi connectivity index (χ4n) is 2.66. The number of amides is 2. The first-order valence-electron chi connectivity index (χ1n) is 7.43. The van der Waals surface area contributed by atoms with Crippen LogP contribution in [0.5, 0.6) is 5.75 Å². The number of carbonyl (C=O) groups excluding carboxylic acids is 2. The number of para-hydroxylation sites is 2. The molecule has 1 saturated heterocycles. The molecule has 3 rings (SSSR count). The third-order valence-electron chi connectivity index (χ3n) is 3.88. The summed E-state index contributed by atoms with van der Waals surface area (Å²) in [6.45, 7) is 1.96. The molecular formula is C18H18N2O3. The Morgan fingerprint density at radius 3 is 2.48 bits per heavy atom. The van der Waals surface area contributed by atoms with E-state index < -0.39 is 6.04 Å². The number of anilines is 2. The highest BCUT2D eigenvalue weighted by Gasteiger charge is 2.39. The third kappa shape index (κ3) is 2.90. The van der Waals surface area contributed by atoms with Gasteiger partial charge in [-0.1, -0.05) is 29.8 Å². The first kappa shape index (κ1) is 15.1. The molecule has 1 fully saturated rings. The zero-order chi connectivity index (χ0) is 16.4. The predicted octanol–water partition coefficient (Wildman–Crippen LogP) is 2.75. The van der Waals surface area contributed by atoms with Gasteiger partial charge >= 0.3 is 0 Å². The smallest absolute Gasteiger partial charge is 0.256 e. The van der Waals surface area contributed by atoms with Crippen molar-refractivity contribution in [3.05, 3.63) is 54.1 Å². The lowest BCUT2D eigenvalue weighted by Crippen LogP contribution is -2.34. The van der Waals surface area contributed by atoms with Crippen LogP contribution >= 0.6 is 0 Å². The summed E-state index contributed by atoms with van der Waals surface area (Å²) >= 11 is 0. The van der Waals surface area contributed by atoms with Gasteiger partial charge < -0.3 is 10.1 Å².